The molecule has 2 aliphatic heterocycles. The first-order chi connectivity index (χ1) is 14.1. The zero-order valence-corrected chi connectivity index (χ0v) is 18.7. The highest BCUT2D eigenvalue weighted by atomic mass is 32.2. The van der Waals surface area contributed by atoms with Gasteiger partial charge in [0, 0.05) is 30.6 Å². The van der Waals surface area contributed by atoms with Crippen molar-refractivity contribution < 1.29 is 17.9 Å². The van der Waals surface area contributed by atoms with Gasteiger partial charge < -0.3 is 9.64 Å². The van der Waals surface area contributed by atoms with Gasteiger partial charge in [0.2, 0.25) is 15.9 Å². The summed E-state index contributed by atoms with van der Waals surface area (Å²) in [4.78, 5) is 14.1. The summed E-state index contributed by atoms with van der Waals surface area (Å²) in [5, 5.41) is 0. The van der Waals surface area contributed by atoms with Crippen LogP contribution in [-0.4, -0.2) is 26.5 Å². The normalized spacial score (nSPS) is 19.7. The number of nitrogens with one attached hydrogen (secondary N) is 1. The lowest BCUT2D eigenvalue weighted by Gasteiger charge is -2.38. The number of hydrogen-bond donors (Lipinski definition) is 1. The Morgan fingerprint density at radius 1 is 1.23 bits per heavy atom. The fourth-order valence-electron chi connectivity index (χ4n) is 4.33. The van der Waals surface area contributed by atoms with Crippen molar-refractivity contribution in [1.29, 1.82) is 0 Å². The van der Waals surface area contributed by atoms with Gasteiger partial charge >= 0.3 is 0 Å². The third-order valence-electron chi connectivity index (χ3n) is 5.78. The van der Waals surface area contributed by atoms with Gasteiger partial charge in [0.15, 0.2) is 0 Å². The third kappa shape index (κ3) is 3.84. The predicted molar refractivity (Wildman–Crippen MR) is 116 cm³/mol. The summed E-state index contributed by atoms with van der Waals surface area (Å²) in [5.74, 6) is 0.770. The summed E-state index contributed by atoms with van der Waals surface area (Å²) in [6.45, 7) is 8.34. The van der Waals surface area contributed by atoms with Gasteiger partial charge in [0.1, 0.15) is 11.4 Å². The molecule has 2 heterocycles. The minimum absolute atomic E-state index is 0.0545. The molecule has 160 valence electrons. The van der Waals surface area contributed by atoms with Crippen molar-refractivity contribution in [3.63, 3.8) is 0 Å². The van der Waals surface area contributed by atoms with Gasteiger partial charge in [0.25, 0.3) is 0 Å². The molecule has 1 atom stereocenters. The summed E-state index contributed by atoms with van der Waals surface area (Å²) in [6, 6.07) is 10.5. The van der Waals surface area contributed by atoms with Crippen LogP contribution in [0.1, 0.15) is 56.3 Å². The number of hydrogen-bond acceptors (Lipinski definition) is 4. The van der Waals surface area contributed by atoms with Gasteiger partial charge in [-0.05, 0) is 57.0 Å². The van der Waals surface area contributed by atoms with Crippen molar-refractivity contribution in [3.8, 4) is 5.75 Å². The van der Waals surface area contributed by atoms with Gasteiger partial charge in [0.05, 0.1) is 10.9 Å². The smallest absolute Gasteiger partial charge is 0.241 e. The molecular weight excluding hydrogens is 400 g/mol. The van der Waals surface area contributed by atoms with Crippen LogP contribution in [0.3, 0.4) is 0 Å². The first kappa shape index (κ1) is 20.9. The molecule has 1 amide bonds. The standard InChI is InChI=1S/C23H28N2O4S/c1-5-22(26)25-11-10-16-13-17(7-8-20(16)25)30(27,28)24-19-14-23(3,4)29-21-9-6-15(2)12-18(19)21/h6-9,12-13,19,24H,5,10-11,14H2,1-4H3/t19-/m0/s1. The number of rotatable bonds is 4. The van der Waals surface area contributed by atoms with Crippen molar-refractivity contribution in [2.75, 3.05) is 11.4 Å². The number of sulfonamides is 1. The molecule has 0 radical (unpaired) electrons. The fraction of sp³-hybridized carbons (Fsp3) is 0.435. The minimum atomic E-state index is -3.74. The Labute approximate surface area is 178 Å². The van der Waals surface area contributed by atoms with Crippen LogP contribution in [0.25, 0.3) is 0 Å². The van der Waals surface area contributed by atoms with E-state index in [1.807, 2.05) is 45.9 Å². The summed E-state index contributed by atoms with van der Waals surface area (Å²) in [5.41, 5.74) is 3.14. The van der Waals surface area contributed by atoms with Crippen LogP contribution < -0.4 is 14.4 Å². The number of nitrogens with zero attached hydrogens (tertiary/aromatic N) is 1. The number of amides is 1. The zero-order chi connectivity index (χ0) is 21.7. The number of carbonyl (C=O) groups excluding carboxylic acids is 1. The molecule has 0 saturated heterocycles. The molecule has 4 rings (SSSR count). The molecule has 0 fully saturated rings. The number of ether oxygens (including phenoxy) is 1. The monoisotopic (exact) mass is 428 g/mol. The highest BCUT2D eigenvalue weighted by molar-refractivity contribution is 7.89. The molecule has 2 aliphatic rings. The maximum atomic E-state index is 13.2. The van der Waals surface area contributed by atoms with Crippen LogP contribution in [0.5, 0.6) is 5.75 Å². The van der Waals surface area contributed by atoms with E-state index in [2.05, 4.69) is 4.72 Å². The lowest BCUT2D eigenvalue weighted by atomic mass is 9.89. The molecule has 1 N–H and O–H groups in total. The second-order valence-corrected chi connectivity index (χ2v) is 10.4. The lowest BCUT2D eigenvalue weighted by Crippen LogP contribution is -2.41. The van der Waals surface area contributed by atoms with Crippen LogP contribution in [0.15, 0.2) is 41.3 Å². The Morgan fingerprint density at radius 3 is 2.73 bits per heavy atom. The molecule has 2 aromatic carbocycles. The highest BCUT2D eigenvalue weighted by Crippen LogP contribution is 2.41. The predicted octanol–water partition coefficient (Wildman–Crippen LogP) is 3.87. The van der Waals surface area contributed by atoms with Gasteiger partial charge in [-0.3, -0.25) is 4.79 Å². The Bertz CT molecular complexity index is 1110. The maximum absolute atomic E-state index is 13.2. The molecule has 0 aromatic heterocycles. The Balaban J connectivity index is 1.64. The Kier molecular flexibility index (Phi) is 5.14. The number of benzene rings is 2. The fourth-order valence-corrected chi connectivity index (χ4v) is 5.60. The molecule has 6 nitrogen and oxygen atoms in total. The van der Waals surface area contributed by atoms with Crippen molar-refractivity contribution in [2.24, 2.45) is 0 Å². The van der Waals surface area contributed by atoms with E-state index >= 15 is 0 Å². The molecule has 2 aromatic rings. The topological polar surface area (TPSA) is 75.7 Å². The van der Waals surface area contributed by atoms with E-state index in [4.69, 9.17) is 4.74 Å². The van der Waals surface area contributed by atoms with E-state index in [0.29, 0.717) is 31.6 Å². The number of carbonyl (C=O) groups is 1. The summed E-state index contributed by atoms with van der Waals surface area (Å²) < 4.78 is 35.4. The van der Waals surface area contributed by atoms with Gasteiger partial charge in [-0.25, -0.2) is 13.1 Å². The highest BCUT2D eigenvalue weighted by Gasteiger charge is 2.36. The van der Waals surface area contributed by atoms with Crippen molar-refractivity contribution in [2.45, 2.75) is 63.5 Å². The first-order valence-electron chi connectivity index (χ1n) is 10.3. The zero-order valence-electron chi connectivity index (χ0n) is 17.9. The SMILES string of the molecule is CCC(=O)N1CCc2cc(S(=O)(=O)N[C@H]3CC(C)(C)Oc4ccc(C)cc43)ccc21. The van der Waals surface area contributed by atoms with E-state index < -0.39 is 15.6 Å². The molecule has 0 saturated carbocycles. The molecule has 7 heteroatoms. The summed E-state index contributed by atoms with van der Waals surface area (Å²) >= 11 is 0. The van der Waals surface area contributed by atoms with Crippen molar-refractivity contribution in [1.82, 2.24) is 4.72 Å². The van der Waals surface area contributed by atoms with Crippen LogP contribution in [0, 0.1) is 6.92 Å². The molecule has 0 spiro atoms. The average molecular weight is 429 g/mol. The third-order valence-corrected chi connectivity index (χ3v) is 7.25. The number of fused-ring (bicyclic) bond motifs is 2. The quantitative estimate of drug-likeness (QED) is 0.802. The van der Waals surface area contributed by atoms with Crippen LogP contribution in [0.4, 0.5) is 5.69 Å². The van der Waals surface area contributed by atoms with E-state index in [0.717, 1.165) is 22.4 Å². The molecule has 0 unspecified atom stereocenters. The lowest BCUT2D eigenvalue weighted by molar-refractivity contribution is -0.118. The molecule has 30 heavy (non-hydrogen) atoms. The van der Waals surface area contributed by atoms with Gasteiger partial charge in [-0.1, -0.05) is 24.6 Å². The average Bonchev–Trinajstić information content (AvgIpc) is 3.10. The second kappa shape index (κ2) is 7.39. The van der Waals surface area contributed by atoms with E-state index in [1.54, 1.807) is 23.1 Å². The molecule has 0 bridgehead atoms. The largest absolute Gasteiger partial charge is 0.487 e. The summed E-state index contributed by atoms with van der Waals surface area (Å²) in [7, 11) is -3.74. The van der Waals surface area contributed by atoms with E-state index in [1.165, 1.54) is 0 Å². The number of aryl methyl sites for hydroxylation is 1. The molecular formula is C23H28N2O4S. The van der Waals surface area contributed by atoms with Crippen LogP contribution in [0.2, 0.25) is 0 Å². The second-order valence-electron chi connectivity index (χ2n) is 8.72. The summed E-state index contributed by atoms with van der Waals surface area (Å²) in [6.07, 6.45) is 1.63. The minimum Gasteiger partial charge on any atom is -0.487 e. The Hall–Kier alpha value is -2.38. The van der Waals surface area contributed by atoms with Crippen molar-refractivity contribution >= 4 is 21.6 Å². The van der Waals surface area contributed by atoms with E-state index in [9.17, 15) is 13.2 Å². The van der Waals surface area contributed by atoms with E-state index in [-0.39, 0.29) is 16.8 Å². The van der Waals surface area contributed by atoms with Crippen LogP contribution in [-0.2, 0) is 21.2 Å². The number of anilines is 1. The van der Waals surface area contributed by atoms with Crippen molar-refractivity contribution in [3.05, 3.63) is 53.1 Å². The maximum Gasteiger partial charge on any atom is 0.241 e. The van der Waals surface area contributed by atoms with Gasteiger partial charge in [-0.15, -0.1) is 0 Å². The first-order valence-corrected chi connectivity index (χ1v) is 11.8. The van der Waals surface area contributed by atoms with Gasteiger partial charge in [-0.2, -0.15) is 0 Å². The Morgan fingerprint density at radius 2 is 2.00 bits per heavy atom. The molecule has 0 aliphatic carbocycles. The van der Waals surface area contributed by atoms with Crippen LogP contribution >= 0.6 is 0 Å².